The smallest absolute Gasteiger partial charge is 0.277 e. The van der Waals surface area contributed by atoms with Gasteiger partial charge in [0.15, 0.2) is 5.13 Å². The third-order valence-corrected chi connectivity index (χ3v) is 5.15. The lowest BCUT2D eigenvalue weighted by molar-refractivity contribution is -0.113. The van der Waals surface area contributed by atoms with Crippen LogP contribution in [0.2, 0.25) is 0 Å². The average Bonchev–Trinajstić information content (AvgIpc) is 3.37. The van der Waals surface area contributed by atoms with Crippen LogP contribution in [0.4, 0.5) is 5.13 Å². The molecule has 27 heavy (non-hydrogen) atoms. The number of carbonyl (C=O) groups is 1. The predicted octanol–water partition coefficient (Wildman–Crippen LogP) is 4.59. The number of hydrogen-bond acceptors (Lipinski definition) is 7. The minimum atomic E-state index is -0.173. The molecule has 0 fully saturated rings. The van der Waals surface area contributed by atoms with E-state index in [4.69, 9.17) is 4.42 Å². The Morgan fingerprint density at radius 3 is 2.44 bits per heavy atom. The van der Waals surface area contributed by atoms with Crippen molar-refractivity contribution in [3.05, 3.63) is 66.0 Å². The van der Waals surface area contributed by atoms with E-state index < -0.39 is 0 Å². The lowest BCUT2D eigenvalue weighted by Crippen LogP contribution is -2.13. The second-order valence-corrected chi connectivity index (χ2v) is 7.26. The van der Waals surface area contributed by atoms with Crippen LogP contribution in [0.15, 0.2) is 75.7 Å². The maximum atomic E-state index is 12.2. The van der Waals surface area contributed by atoms with Gasteiger partial charge in [-0.15, -0.1) is 21.5 Å². The van der Waals surface area contributed by atoms with Gasteiger partial charge < -0.3 is 9.73 Å². The summed E-state index contributed by atoms with van der Waals surface area (Å²) in [5.74, 6) is 0.427. The Hall–Kier alpha value is -2.97. The fourth-order valence-corrected chi connectivity index (χ4v) is 3.62. The van der Waals surface area contributed by atoms with Crippen molar-refractivity contribution in [3.63, 3.8) is 0 Å². The Kier molecular flexibility index (Phi) is 5.27. The maximum absolute atomic E-state index is 12.2. The molecular formula is C19H14N4O2S2. The van der Waals surface area contributed by atoms with Crippen LogP contribution < -0.4 is 5.32 Å². The Labute approximate surface area is 163 Å². The number of benzene rings is 2. The van der Waals surface area contributed by atoms with Gasteiger partial charge in [-0.3, -0.25) is 4.79 Å². The van der Waals surface area contributed by atoms with Gasteiger partial charge in [0.1, 0.15) is 0 Å². The zero-order valence-corrected chi connectivity index (χ0v) is 15.7. The van der Waals surface area contributed by atoms with Crippen molar-refractivity contribution in [1.82, 2.24) is 15.2 Å². The number of aromatic nitrogens is 3. The van der Waals surface area contributed by atoms with Crippen LogP contribution in [0.25, 0.3) is 22.7 Å². The standard InChI is InChI=1S/C19H14N4O2S2/c24-16(21-18-20-15(11-26-18)13-7-3-1-4-8-13)12-27-19-23-22-17(25-19)14-9-5-2-6-10-14/h1-11H,12H2,(H,20,21,24). The molecule has 2 aromatic heterocycles. The van der Waals surface area contributed by atoms with Crippen LogP contribution in [0.5, 0.6) is 0 Å². The van der Waals surface area contributed by atoms with Crippen molar-refractivity contribution in [2.45, 2.75) is 5.22 Å². The van der Waals surface area contributed by atoms with E-state index in [0.717, 1.165) is 16.8 Å². The number of anilines is 1. The molecule has 0 saturated heterocycles. The Bertz CT molecular complexity index is 1030. The quantitative estimate of drug-likeness (QED) is 0.482. The van der Waals surface area contributed by atoms with Gasteiger partial charge in [0, 0.05) is 16.5 Å². The molecule has 0 aliphatic heterocycles. The van der Waals surface area contributed by atoms with E-state index in [0.29, 0.717) is 16.2 Å². The molecule has 0 spiro atoms. The lowest BCUT2D eigenvalue weighted by Gasteiger charge is -1.99. The van der Waals surface area contributed by atoms with Gasteiger partial charge in [-0.05, 0) is 12.1 Å². The number of thioether (sulfide) groups is 1. The molecule has 2 heterocycles. The third kappa shape index (κ3) is 4.42. The maximum Gasteiger partial charge on any atom is 0.277 e. The van der Waals surface area contributed by atoms with Gasteiger partial charge in [0.2, 0.25) is 11.8 Å². The summed E-state index contributed by atoms with van der Waals surface area (Å²) in [6, 6.07) is 19.3. The van der Waals surface area contributed by atoms with Crippen LogP contribution in [-0.4, -0.2) is 26.8 Å². The fraction of sp³-hybridized carbons (Fsp3) is 0.0526. The van der Waals surface area contributed by atoms with Gasteiger partial charge in [-0.25, -0.2) is 4.98 Å². The largest absolute Gasteiger partial charge is 0.411 e. The summed E-state index contributed by atoms with van der Waals surface area (Å²) in [5.41, 5.74) is 2.70. The van der Waals surface area contributed by atoms with Crippen LogP contribution in [0.1, 0.15) is 0 Å². The molecule has 0 saturated carbocycles. The molecule has 0 aliphatic carbocycles. The van der Waals surface area contributed by atoms with Crippen molar-refractivity contribution >= 4 is 34.1 Å². The summed E-state index contributed by atoms with van der Waals surface area (Å²) in [6.45, 7) is 0. The number of rotatable bonds is 6. The molecule has 2 aromatic carbocycles. The van der Waals surface area contributed by atoms with Crippen LogP contribution in [0.3, 0.4) is 0 Å². The number of amides is 1. The average molecular weight is 394 g/mol. The molecule has 0 unspecified atom stereocenters. The van der Waals surface area contributed by atoms with Crippen LogP contribution >= 0.6 is 23.1 Å². The first kappa shape index (κ1) is 17.4. The Morgan fingerprint density at radius 2 is 1.70 bits per heavy atom. The minimum Gasteiger partial charge on any atom is -0.411 e. The molecule has 4 rings (SSSR count). The summed E-state index contributed by atoms with van der Waals surface area (Å²) in [7, 11) is 0. The lowest BCUT2D eigenvalue weighted by atomic mass is 10.2. The van der Waals surface area contributed by atoms with Gasteiger partial charge in [0.05, 0.1) is 11.4 Å². The van der Waals surface area contributed by atoms with E-state index >= 15 is 0 Å². The first-order chi connectivity index (χ1) is 13.3. The Morgan fingerprint density at radius 1 is 1.00 bits per heavy atom. The highest BCUT2D eigenvalue weighted by Crippen LogP contribution is 2.26. The summed E-state index contributed by atoms with van der Waals surface area (Å²) in [6.07, 6.45) is 0. The fourth-order valence-electron chi connectivity index (χ4n) is 2.32. The predicted molar refractivity (Wildman–Crippen MR) is 107 cm³/mol. The highest BCUT2D eigenvalue weighted by atomic mass is 32.2. The summed E-state index contributed by atoms with van der Waals surface area (Å²) < 4.78 is 5.58. The normalized spacial score (nSPS) is 10.7. The van der Waals surface area contributed by atoms with Crippen LogP contribution in [0, 0.1) is 0 Å². The number of thiazole rings is 1. The number of nitrogens with zero attached hydrogens (tertiary/aromatic N) is 3. The zero-order chi connectivity index (χ0) is 18.5. The van der Waals surface area contributed by atoms with E-state index in [9.17, 15) is 4.79 Å². The second kappa shape index (κ2) is 8.15. The molecule has 0 radical (unpaired) electrons. The number of nitrogens with one attached hydrogen (secondary N) is 1. The van der Waals surface area contributed by atoms with Gasteiger partial charge >= 0.3 is 0 Å². The van der Waals surface area contributed by atoms with Gasteiger partial charge in [-0.2, -0.15) is 0 Å². The minimum absolute atomic E-state index is 0.163. The topological polar surface area (TPSA) is 80.9 Å². The molecule has 4 aromatic rings. The van der Waals surface area contributed by atoms with Crippen molar-refractivity contribution in [2.24, 2.45) is 0 Å². The molecule has 1 amide bonds. The SMILES string of the molecule is O=C(CSc1nnc(-c2ccccc2)o1)Nc1nc(-c2ccccc2)cs1. The Balaban J connectivity index is 1.33. The second-order valence-electron chi connectivity index (χ2n) is 5.48. The van der Waals surface area contributed by atoms with Crippen molar-refractivity contribution < 1.29 is 9.21 Å². The van der Waals surface area contributed by atoms with E-state index in [1.807, 2.05) is 66.0 Å². The van der Waals surface area contributed by atoms with Crippen molar-refractivity contribution in [2.75, 3.05) is 11.1 Å². The molecule has 134 valence electrons. The molecule has 0 aliphatic rings. The van der Waals surface area contributed by atoms with E-state index in [-0.39, 0.29) is 11.7 Å². The number of hydrogen-bond donors (Lipinski definition) is 1. The summed E-state index contributed by atoms with van der Waals surface area (Å²) in [5, 5.41) is 13.6. The molecule has 0 bridgehead atoms. The van der Waals surface area contributed by atoms with Gasteiger partial charge in [-0.1, -0.05) is 60.3 Å². The van der Waals surface area contributed by atoms with Crippen LogP contribution in [-0.2, 0) is 4.79 Å². The third-order valence-electron chi connectivity index (χ3n) is 3.57. The molecular weight excluding hydrogens is 380 g/mol. The highest BCUT2D eigenvalue weighted by molar-refractivity contribution is 7.99. The van der Waals surface area contributed by atoms with Crippen molar-refractivity contribution in [3.8, 4) is 22.7 Å². The molecule has 0 atom stereocenters. The summed E-state index contributed by atoms with van der Waals surface area (Å²) >= 11 is 2.58. The first-order valence-corrected chi connectivity index (χ1v) is 9.97. The van der Waals surface area contributed by atoms with E-state index in [1.165, 1.54) is 23.1 Å². The van der Waals surface area contributed by atoms with Gasteiger partial charge in [0.25, 0.3) is 5.22 Å². The first-order valence-electron chi connectivity index (χ1n) is 8.10. The molecule has 6 nitrogen and oxygen atoms in total. The summed E-state index contributed by atoms with van der Waals surface area (Å²) in [4.78, 5) is 16.6. The molecule has 1 N–H and O–H groups in total. The monoisotopic (exact) mass is 394 g/mol. The van der Waals surface area contributed by atoms with Crippen molar-refractivity contribution in [1.29, 1.82) is 0 Å². The number of carbonyl (C=O) groups excluding carboxylic acids is 1. The van der Waals surface area contributed by atoms with E-state index in [2.05, 4.69) is 20.5 Å². The highest BCUT2D eigenvalue weighted by Gasteiger charge is 2.12. The van der Waals surface area contributed by atoms with E-state index in [1.54, 1.807) is 0 Å². The zero-order valence-electron chi connectivity index (χ0n) is 14.0. The molecule has 8 heteroatoms.